The van der Waals surface area contributed by atoms with Crippen molar-refractivity contribution in [3.05, 3.63) is 71.4 Å². The Kier molecular flexibility index (Phi) is 6.41. The van der Waals surface area contributed by atoms with Gasteiger partial charge in [0, 0.05) is 29.6 Å². The molecule has 30 heavy (non-hydrogen) atoms. The van der Waals surface area contributed by atoms with Crippen LogP contribution in [-0.4, -0.2) is 42.6 Å². The lowest BCUT2D eigenvalue weighted by Crippen LogP contribution is -2.44. The van der Waals surface area contributed by atoms with Gasteiger partial charge in [-0.2, -0.15) is 0 Å². The van der Waals surface area contributed by atoms with Crippen LogP contribution in [0.1, 0.15) is 15.9 Å². The summed E-state index contributed by atoms with van der Waals surface area (Å²) in [6.45, 7) is -0.738. The Labute approximate surface area is 170 Å². The van der Waals surface area contributed by atoms with Crippen molar-refractivity contribution in [2.24, 2.45) is 0 Å². The van der Waals surface area contributed by atoms with Gasteiger partial charge >= 0.3 is 11.9 Å². The number of rotatable bonds is 7. The van der Waals surface area contributed by atoms with Gasteiger partial charge in [-0.3, -0.25) is 4.79 Å². The summed E-state index contributed by atoms with van der Waals surface area (Å²) in [6.07, 6.45) is 1.87. The van der Waals surface area contributed by atoms with Crippen molar-refractivity contribution in [3.63, 3.8) is 0 Å². The number of carbonyl (C=O) groups excluding carboxylic acids is 3. The van der Waals surface area contributed by atoms with Crippen LogP contribution in [0.2, 0.25) is 0 Å². The summed E-state index contributed by atoms with van der Waals surface area (Å²) in [5, 5.41) is 3.34. The van der Waals surface area contributed by atoms with Gasteiger partial charge in [-0.15, -0.1) is 0 Å². The number of ether oxygens (including phenoxy) is 2. The zero-order valence-corrected chi connectivity index (χ0v) is 15.9. The van der Waals surface area contributed by atoms with Gasteiger partial charge in [-0.05, 0) is 23.8 Å². The zero-order chi connectivity index (χ0) is 21.7. The monoisotopic (exact) mass is 416 g/mol. The summed E-state index contributed by atoms with van der Waals surface area (Å²) in [5.74, 6) is -4.41. The van der Waals surface area contributed by atoms with E-state index in [9.17, 15) is 23.2 Å². The molecular formula is C21H18F2N2O5. The maximum Gasteiger partial charge on any atom is 0.338 e. The normalized spacial score (nSPS) is 11.7. The number of carbonyl (C=O) groups is 3. The van der Waals surface area contributed by atoms with E-state index in [1.165, 1.54) is 7.11 Å². The summed E-state index contributed by atoms with van der Waals surface area (Å²) < 4.78 is 35.9. The molecule has 0 aliphatic carbocycles. The number of aromatic nitrogens is 1. The fourth-order valence-corrected chi connectivity index (χ4v) is 2.98. The largest absolute Gasteiger partial charge is 0.467 e. The van der Waals surface area contributed by atoms with Gasteiger partial charge in [0.25, 0.3) is 5.91 Å². The molecule has 0 unspecified atom stereocenters. The molecule has 3 aromatic rings. The SMILES string of the molecule is COC(=O)[C@@H](Cc1c[nH]c2ccccc12)NC(=O)COC(=O)c1cc(F)cc(F)c1. The Balaban J connectivity index is 1.64. The van der Waals surface area contributed by atoms with Crippen molar-refractivity contribution < 1.29 is 32.6 Å². The first-order valence-corrected chi connectivity index (χ1v) is 8.92. The third kappa shape index (κ3) is 4.99. The van der Waals surface area contributed by atoms with Gasteiger partial charge in [0.2, 0.25) is 0 Å². The predicted octanol–water partition coefficient (Wildman–Crippen LogP) is 2.50. The minimum atomic E-state index is -1.07. The van der Waals surface area contributed by atoms with E-state index < -0.39 is 42.1 Å². The first kappa shape index (κ1) is 21.0. The maximum atomic E-state index is 13.2. The van der Waals surface area contributed by atoms with E-state index in [1.807, 2.05) is 24.3 Å². The van der Waals surface area contributed by atoms with Crippen LogP contribution in [0, 0.1) is 11.6 Å². The van der Waals surface area contributed by atoms with Crippen LogP contribution in [0.15, 0.2) is 48.7 Å². The number of amides is 1. The van der Waals surface area contributed by atoms with E-state index in [1.54, 1.807) is 6.20 Å². The molecule has 156 valence electrons. The van der Waals surface area contributed by atoms with Gasteiger partial charge in [-0.25, -0.2) is 18.4 Å². The van der Waals surface area contributed by atoms with Crippen molar-refractivity contribution in [3.8, 4) is 0 Å². The molecule has 2 N–H and O–H groups in total. The third-order valence-electron chi connectivity index (χ3n) is 4.35. The number of aromatic amines is 1. The van der Waals surface area contributed by atoms with Gasteiger partial charge in [0.05, 0.1) is 12.7 Å². The molecule has 1 aromatic heterocycles. The second-order valence-electron chi connectivity index (χ2n) is 6.44. The topological polar surface area (TPSA) is 97.5 Å². The first-order valence-electron chi connectivity index (χ1n) is 8.92. The molecule has 1 amide bonds. The molecule has 0 saturated heterocycles. The Bertz CT molecular complexity index is 1080. The summed E-state index contributed by atoms with van der Waals surface area (Å²) in [5.41, 5.74) is 1.29. The number of nitrogens with one attached hydrogen (secondary N) is 2. The average Bonchev–Trinajstić information content (AvgIpc) is 3.13. The van der Waals surface area contributed by atoms with Gasteiger partial charge in [0.1, 0.15) is 17.7 Å². The van der Waals surface area contributed by atoms with Crippen molar-refractivity contribution in [2.45, 2.75) is 12.5 Å². The molecule has 0 aliphatic heterocycles. The van der Waals surface area contributed by atoms with E-state index in [-0.39, 0.29) is 12.0 Å². The standard InChI is InChI=1S/C21H18F2N2O5/c1-29-21(28)18(8-13-10-24-17-5-3-2-4-16(13)17)25-19(26)11-30-20(27)12-6-14(22)9-15(23)7-12/h2-7,9-10,18,24H,8,11H2,1H3,(H,25,26)/t18-/m1/s1. The van der Waals surface area contributed by atoms with Crippen LogP contribution in [-0.2, 0) is 25.5 Å². The highest BCUT2D eigenvalue weighted by Crippen LogP contribution is 2.19. The molecule has 0 radical (unpaired) electrons. The van der Waals surface area contributed by atoms with Crippen molar-refractivity contribution >= 4 is 28.7 Å². The van der Waals surface area contributed by atoms with Crippen LogP contribution in [0.25, 0.3) is 10.9 Å². The first-order chi connectivity index (χ1) is 14.4. The summed E-state index contributed by atoms with van der Waals surface area (Å²) in [6, 6.07) is 8.62. The summed E-state index contributed by atoms with van der Waals surface area (Å²) in [4.78, 5) is 39.3. The lowest BCUT2D eigenvalue weighted by Gasteiger charge is -2.16. The molecule has 2 aromatic carbocycles. The number of esters is 2. The molecule has 0 fully saturated rings. The highest BCUT2D eigenvalue weighted by Gasteiger charge is 2.24. The number of para-hydroxylation sites is 1. The number of methoxy groups -OCH3 is 1. The third-order valence-corrected chi connectivity index (χ3v) is 4.35. The highest BCUT2D eigenvalue weighted by molar-refractivity contribution is 5.92. The Morgan fingerprint density at radius 1 is 1.10 bits per heavy atom. The van der Waals surface area contributed by atoms with E-state index in [0.717, 1.165) is 28.6 Å². The Hall–Kier alpha value is -3.75. The molecule has 9 heteroatoms. The molecule has 7 nitrogen and oxygen atoms in total. The zero-order valence-electron chi connectivity index (χ0n) is 15.9. The second kappa shape index (κ2) is 9.17. The quantitative estimate of drug-likeness (QED) is 0.577. The Morgan fingerprint density at radius 2 is 1.80 bits per heavy atom. The van der Waals surface area contributed by atoms with Crippen LogP contribution in [0.5, 0.6) is 0 Å². The molecule has 3 rings (SSSR count). The average molecular weight is 416 g/mol. The number of fused-ring (bicyclic) bond motifs is 1. The van der Waals surface area contributed by atoms with E-state index in [4.69, 9.17) is 9.47 Å². The second-order valence-corrected chi connectivity index (χ2v) is 6.44. The number of H-pyrrole nitrogens is 1. The van der Waals surface area contributed by atoms with Gasteiger partial charge in [0.15, 0.2) is 6.61 Å². The summed E-state index contributed by atoms with van der Waals surface area (Å²) in [7, 11) is 1.19. The van der Waals surface area contributed by atoms with Crippen molar-refractivity contribution in [1.82, 2.24) is 10.3 Å². The maximum absolute atomic E-state index is 13.2. The van der Waals surface area contributed by atoms with Crippen molar-refractivity contribution in [1.29, 1.82) is 0 Å². The van der Waals surface area contributed by atoms with E-state index in [2.05, 4.69) is 10.3 Å². The minimum Gasteiger partial charge on any atom is -0.467 e. The number of hydrogen-bond donors (Lipinski definition) is 2. The molecule has 0 saturated carbocycles. The predicted molar refractivity (Wildman–Crippen MR) is 103 cm³/mol. The van der Waals surface area contributed by atoms with Crippen LogP contribution < -0.4 is 5.32 Å². The Morgan fingerprint density at radius 3 is 2.50 bits per heavy atom. The lowest BCUT2D eigenvalue weighted by molar-refractivity contribution is -0.145. The van der Waals surface area contributed by atoms with Gasteiger partial charge < -0.3 is 19.8 Å². The van der Waals surface area contributed by atoms with Crippen LogP contribution in [0.4, 0.5) is 8.78 Å². The fourth-order valence-electron chi connectivity index (χ4n) is 2.98. The van der Waals surface area contributed by atoms with Crippen LogP contribution >= 0.6 is 0 Å². The van der Waals surface area contributed by atoms with E-state index in [0.29, 0.717) is 6.07 Å². The van der Waals surface area contributed by atoms with Gasteiger partial charge in [-0.1, -0.05) is 18.2 Å². The minimum absolute atomic E-state index is 0.144. The molecular weight excluding hydrogens is 398 g/mol. The van der Waals surface area contributed by atoms with Crippen molar-refractivity contribution in [2.75, 3.05) is 13.7 Å². The molecule has 1 atom stereocenters. The molecule has 0 bridgehead atoms. The lowest BCUT2D eigenvalue weighted by atomic mass is 10.0. The number of hydrogen-bond acceptors (Lipinski definition) is 5. The van der Waals surface area contributed by atoms with Crippen LogP contribution in [0.3, 0.4) is 0 Å². The number of halogens is 2. The summed E-state index contributed by atoms with van der Waals surface area (Å²) >= 11 is 0. The smallest absolute Gasteiger partial charge is 0.338 e. The molecule has 0 spiro atoms. The van der Waals surface area contributed by atoms with E-state index >= 15 is 0 Å². The highest BCUT2D eigenvalue weighted by atomic mass is 19.1. The number of benzene rings is 2. The molecule has 0 aliphatic rings. The fraction of sp³-hybridized carbons (Fsp3) is 0.190. The molecule has 1 heterocycles.